The molecule has 0 saturated heterocycles. The van der Waals surface area contributed by atoms with Crippen molar-refractivity contribution < 1.29 is 9.59 Å². The summed E-state index contributed by atoms with van der Waals surface area (Å²) in [6.45, 7) is 1.32. The number of carbonyl (C=O) groups is 2. The van der Waals surface area contributed by atoms with Crippen LogP contribution in [-0.4, -0.2) is 27.7 Å². The van der Waals surface area contributed by atoms with Gasteiger partial charge in [-0.2, -0.15) is 0 Å². The lowest BCUT2D eigenvalue weighted by atomic mass is 9.92. The average Bonchev–Trinajstić information content (AvgIpc) is 3.05. The smallest absolute Gasteiger partial charge is 0.211 e. The first-order chi connectivity index (χ1) is 10.7. The molecule has 0 radical (unpaired) electrons. The first-order valence-corrected chi connectivity index (χ1v) is 7.34. The van der Waals surface area contributed by atoms with Gasteiger partial charge in [0.15, 0.2) is 0 Å². The fourth-order valence-electron chi connectivity index (χ4n) is 2.40. The minimum Gasteiger partial charge on any atom is -0.380 e. The third-order valence-corrected chi connectivity index (χ3v) is 3.88. The number of allylic oxidation sites excluding steroid dienone is 2. The minimum absolute atomic E-state index is 0.0358. The number of nitrogens with one attached hydrogen (secondary N) is 1. The lowest BCUT2D eigenvalue weighted by Crippen LogP contribution is -2.30. The first kappa shape index (κ1) is 14.5. The van der Waals surface area contributed by atoms with Crippen LogP contribution in [0.15, 0.2) is 53.7 Å². The Morgan fingerprint density at radius 3 is 2.55 bits per heavy atom. The first-order valence-electron chi connectivity index (χ1n) is 6.96. The van der Waals surface area contributed by atoms with E-state index in [0.29, 0.717) is 17.7 Å². The fourth-order valence-corrected chi connectivity index (χ4v) is 2.65. The molecule has 1 aliphatic rings. The second kappa shape index (κ2) is 6.15. The molecule has 1 aromatic carbocycles. The maximum absolute atomic E-state index is 12.4. The number of hydrogen-bond acceptors (Lipinski definition) is 4. The number of Topliss-reactive ketones (excluding diaryl/α,β-unsaturated/α-hetero) is 2. The summed E-state index contributed by atoms with van der Waals surface area (Å²) >= 11 is 6.07. The summed E-state index contributed by atoms with van der Waals surface area (Å²) < 4.78 is 1.95. The topological polar surface area (TPSA) is 64.0 Å². The van der Waals surface area contributed by atoms with Crippen LogP contribution < -0.4 is 5.32 Å². The maximum Gasteiger partial charge on any atom is 0.211 e. The van der Waals surface area contributed by atoms with E-state index in [0.717, 1.165) is 13.0 Å². The average molecular weight is 316 g/mol. The largest absolute Gasteiger partial charge is 0.380 e. The molecule has 1 N–H and O–H groups in total. The number of imidazole rings is 1. The van der Waals surface area contributed by atoms with Crippen molar-refractivity contribution in [2.24, 2.45) is 0 Å². The normalized spacial score (nSPS) is 14.2. The predicted octanol–water partition coefficient (Wildman–Crippen LogP) is 2.39. The molecule has 0 atom stereocenters. The molecule has 22 heavy (non-hydrogen) atoms. The molecule has 0 saturated carbocycles. The molecule has 1 heterocycles. The van der Waals surface area contributed by atoms with Crippen LogP contribution in [0.1, 0.15) is 27.1 Å². The van der Waals surface area contributed by atoms with Crippen LogP contribution in [0.3, 0.4) is 0 Å². The highest BCUT2D eigenvalue weighted by molar-refractivity contribution is 6.49. The van der Waals surface area contributed by atoms with Crippen LogP contribution in [0.4, 0.5) is 0 Å². The second-order valence-corrected chi connectivity index (χ2v) is 5.35. The minimum atomic E-state index is -0.311. The van der Waals surface area contributed by atoms with Gasteiger partial charge >= 0.3 is 0 Å². The van der Waals surface area contributed by atoms with E-state index in [1.807, 2.05) is 10.8 Å². The van der Waals surface area contributed by atoms with Crippen molar-refractivity contribution in [3.63, 3.8) is 0 Å². The number of halogens is 1. The Labute approximate surface area is 132 Å². The number of benzene rings is 1. The van der Waals surface area contributed by atoms with E-state index in [4.69, 9.17) is 11.6 Å². The SMILES string of the molecule is O=C1C(Cl)=C(NCCCn2ccnc2)C(=O)c2ccccc21. The van der Waals surface area contributed by atoms with Gasteiger partial charge in [-0.3, -0.25) is 9.59 Å². The Morgan fingerprint density at radius 2 is 1.86 bits per heavy atom. The van der Waals surface area contributed by atoms with Gasteiger partial charge in [0.25, 0.3) is 0 Å². The van der Waals surface area contributed by atoms with Gasteiger partial charge in [0.05, 0.1) is 6.33 Å². The van der Waals surface area contributed by atoms with Crippen LogP contribution in [0.2, 0.25) is 0 Å². The van der Waals surface area contributed by atoms with Crippen LogP contribution in [0.25, 0.3) is 0 Å². The van der Waals surface area contributed by atoms with E-state index < -0.39 is 0 Å². The number of ketones is 2. The molecule has 0 amide bonds. The van der Waals surface area contributed by atoms with Crippen molar-refractivity contribution in [1.82, 2.24) is 14.9 Å². The maximum atomic E-state index is 12.4. The molecule has 0 bridgehead atoms. The Hall–Kier alpha value is -2.40. The van der Waals surface area contributed by atoms with Crippen molar-refractivity contribution in [2.45, 2.75) is 13.0 Å². The Kier molecular flexibility index (Phi) is 4.06. The molecule has 3 rings (SSSR count). The number of fused-ring (bicyclic) bond motifs is 1. The zero-order chi connectivity index (χ0) is 15.5. The number of rotatable bonds is 5. The predicted molar refractivity (Wildman–Crippen MR) is 82.8 cm³/mol. The zero-order valence-electron chi connectivity index (χ0n) is 11.8. The van der Waals surface area contributed by atoms with Crippen molar-refractivity contribution in [1.29, 1.82) is 0 Å². The van der Waals surface area contributed by atoms with E-state index in [1.54, 1.807) is 36.8 Å². The number of hydrogen-bond donors (Lipinski definition) is 1. The van der Waals surface area contributed by atoms with Crippen molar-refractivity contribution in [2.75, 3.05) is 6.54 Å². The molecule has 2 aromatic rings. The number of nitrogens with zero attached hydrogens (tertiary/aromatic N) is 2. The van der Waals surface area contributed by atoms with E-state index in [1.165, 1.54) is 0 Å². The molecule has 1 aromatic heterocycles. The molecule has 6 heteroatoms. The van der Waals surface area contributed by atoms with Crippen LogP contribution in [0, 0.1) is 0 Å². The Balaban J connectivity index is 1.69. The van der Waals surface area contributed by atoms with Gasteiger partial charge in [-0.1, -0.05) is 35.9 Å². The summed E-state index contributed by atoms with van der Waals surface area (Å²) in [6.07, 6.45) is 6.11. The molecule has 1 aliphatic carbocycles. The number of aryl methyl sites for hydroxylation is 1. The summed E-state index contributed by atoms with van der Waals surface area (Å²) in [4.78, 5) is 28.6. The third-order valence-electron chi connectivity index (χ3n) is 3.52. The van der Waals surface area contributed by atoms with Gasteiger partial charge in [-0.05, 0) is 6.42 Å². The van der Waals surface area contributed by atoms with Gasteiger partial charge < -0.3 is 9.88 Å². The summed E-state index contributed by atoms with van der Waals surface area (Å²) in [6, 6.07) is 6.72. The van der Waals surface area contributed by atoms with Crippen LogP contribution >= 0.6 is 11.6 Å². The lowest BCUT2D eigenvalue weighted by Gasteiger charge is -2.18. The van der Waals surface area contributed by atoms with Gasteiger partial charge in [0, 0.05) is 36.6 Å². The van der Waals surface area contributed by atoms with Crippen molar-refractivity contribution in [3.8, 4) is 0 Å². The van der Waals surface area contributed by atoms with E-state index in [9.17, 15) is 9.59 Å². The Bertz CT molecular complexity index is 751. The summed E-state index contributed by atoms with van der Waals surface area (Å²) in [5.41, 5.74) is 0.950. The zero-order valence-corrected chi connectivity index (χ0v) is 12.5. The van der Waals surface area contributed by atoms with Crippen LogP contribution in [-0.2, 0) is 6.54 Å². The Morgan fingerprint density at radius 1 is 1.14 bits per heavy atom. The lowest BCUT2D eigenvalue weighted by molar-refractivity contribution is 0.0974. The summed E-state index contributed by atoms with van der Waals surface area (Å²) in [5, 5.41) is 2.96. The van der Waals surface area contributed by atoms with Crippen LogP contribution in [0.5, 0.6) is 0 Å². The van der Waals surface area contributed by atoms with Gasteiger partial charge in [0.1, 0.15) is 10.7 Å². The molecule has 0 aliphatic heterocycles. The molecule has 0 unspecified atom stereocenters. The molecule has 0 fully saturated rings. The van der Waals surface area contributed by atoms with Gasteiger partial charge in [-0.25, -0.2) is 4.98 Å². The fraction of sp³-hybridized carbons (Fsp3) is 0.188. The third kappa shape index (κ3) is 2.67. The quantitative estimate of drug-likeness (QED) is 0.861. The van der Waals surface area contributed by atoms with Crippen molar-refractivity contribution >= 4 is 23.2 Å². The second-order valence-electron chi connectivity index (χ2n) is 4.97. The molecule has 5 nitrogen and oxygen atoms in total. The molecular formula is C16H14ClN3O2. The number of carbonyl (C=O) groups excluding carboxylic acids is 2. The van der Waals surface area contributed by atoms with E-state index in [2.05, 4.69) is 10.3 Å². The van der Waals surface area contributed by atoms with E-state index in [-0.39, 0.29) is 22.3 Å². The highest BCUT2D eigenvalue weighted by Gasteiger charge is 2.30. The van der Waals surface area contributed by atoms with E-state index >= 15 is 0 Å². The van der Waals surface area contributed by atoms with Crippen molar-refractivity contribution in [3.05, 3.63) is 64.8 Å². The highest BCUT2D eigenvalue weighted by atomic mass is 35.5. The monoisotopic (exact) mass is 315 g/mol. The molecule has 112 valence electrons. The summed E-state index contributed by atoms with van der Waals surface area (Å²) in [5.74, 6) is -0.545. The number of aromatic nitrogens is 2. The van der Waals surface area contributed by atoms with Gasteiger partial charge in [-0.15, -0.1) is 0 Å². The highest BCUT2D eigenvalue weighted by Crippen LogP contribution is 2.27. The summed E-state index contributed by atoms with van der Waals surface area (Å²) in [7, 11) is 0. The standard InChI is InChI=1S/C16H14ClN3O2/c17-13-14(19-6-3-8-20-9-7-18-10-20)16(22)12-5-2-1-4-11(12)15(13)21/h1-2,4-5,7,9-10,19H,3,6,8H2. The molecule has 0 spiro atoms. The van der Waals surface area contributed by atoms with Gasteiger partial charge in [0.2, 0.25) is 11.6 Å². The molecular weight excluding hydrogens is 302 g/mol.